The van der Waals surface area contributed by atoms with Gasteiger partial charge in [0.25, 0.3) is 5.91 Å². The second-order valence-corrected chi connectivity index (χ2v) is 10.5. The summed E-state index contributed by atoms with van der Waals surface area (Å²) >= 11 is 7.88. The first-order chi connectivity index (χ1) is 15.9. The van der Waals surface area contributed by atoms with E-state index >= 15 is 0 Å². The predicted molar refractivity (Wildman–Crippen MR) is 134 cm³/mol. The smallest absolute Gasteiger partial charge is 0.254 e. The molecule has 2 fully saturated rings. The molecule has 6 nitrogen and oxygen atoms in total. The van der Waals surface area contributed by atoms with E-state index in [1.54, 1.807) is 11.8 Å². The monoisotopic (exact) mass is 488 g/mol. The first kappa shape index (κ1) is 24.3. The number of hydrogen-bond acceptors (Lipinski definition) is 6. The molecule has 0 radical (unpaired) electrons. The Labute approximate surface area is 206 Å². The molecular weight excluding hydrogens is 456 g/mol. The minimum absolute atomic E-state index is 0.0531. The summed E-state index contributed by atoms with van der Waals surface area (Å²) in [6, 6.07) is 10.2. The lowest BCUT2D eigenvalue weighted by Gasteiger charge is -2.35. The van der Waals surface area contributed by atoms with Crippen LogP contribution in [-0.4, -0.2) is 59.2 Å². The number of anilines is 1. The van der Waals surface area contributed by atoms with Gasteiger partial charge in [0.05, 0.1) is 12.2 Å². The predicted octanol–water partition coefficient (Wildman–Crippen LogP) is 5.44. The van der Waals surface area contributed by atoms with E-state index in [4.69, 9.17) is 21.3 Å². The van der Waals surface area contributed by atoms with Crippen molar-refractivity contribution in [1.29, 1.82) is 0 Å². The molecule has 2 aromatic rings. The fourth-order valence-electron chi connectivity index (χ4n) is 4.75. The molecule has 1 aromatic carbocycles. The minimum Gasteiger partial charge on any atom is -0.372 e. The average molecular weight is 489 g/mol. The summed E-state index contributed by atoms with van der Waals surface area (Å²) in [6.07, 6.45) is 6.36. The van der Waals surface area contributed by atoms with Gasteiger partial charge in [0.1, 0.15) is 11.0 Å². The fourth-order valence-corrected chi connectivity index (χ4v) is 5.78. The van der Waals surface area contributed by atoms with Gasteiger partial charge < -0.3 is 14.5 Å². The molecule has 0 N–H and O–H groups in total. The van der Waals surface area contributed by atoms with Gasteiger partial charge in [-0.15, -0.1) is 0 Å². The van der Waals surface area contributed by atoms with E-state index in [1.165, 1.54) is 32.1 Å². The number of carbonyl (C=O) groups is 1. The summed E-state index contributed by atoms with van der Waals surface area (Å²) in [4.78, 5) is 26.4. The van der Waals surface area contributed by atoms with Crippen molar-refractivity contribution in [2.75, 3.05) is 25.0 Å². The number of nitrogens with zero attached hydrogens (tertiary/aromatic N) is 4. The number of morpholine rings is 1. The molecule has 2 atom stereocenters. The molecule has 4 rings (SSSR count). The average Bonchev–Trinajstić information content (AvgIpc) is 2.81. The Bertz CT molecular complexity index is 959. The van der Waals surface area contributed by atoms with Crippen LogP contribution in [0, 0.1) is 0 Å². The Kier molecular flexibility index (Phi) is 8.15. The highest BCUT2D eigenvalue weighted by atomic mass is 35.5. The molecule has 2 unspecified atom stereocenters. The molecule has 0 spiro atoms. The molecule has 1 saturated heterocycles. The van der Waals surface area contributed by atoms with Crippen LogP contribution in [-0.2, 0) is 10.5 Å². The second-order valence-electron chi connectivity index (χ2n) is 9.19. The highest BCUT2D eigenvalue weighted by Crippen LogP contribution is 2.29. The van der Waals surface area contributed by atoms with Crippen LogP contribution in [0.2, 0.25) is 5.15 Å². The lowest BCUT2D eigenvalue weighted by molar-refractivity contribution is -0.0586. The third-order valence-corrected chi connectivity index (χ3v) is 7.51. The summed E-state index contributed by atoms with van der Waals surface area (Å²) in [5, 5.41) is 1.12. The highest BCUT2D eigenvalue weighted by molar-refractivity contribution is 7.98. The molecule has 2 heterocycles. The normalized spacial score (nSPS) is 21.8. The standard InChI is InChI=1S/C25H33ClN4O2S/c1-17-14-30(15-18(2)32-17)24(31)20-9-7-8-19(12-20)16-33-25-27-22(26)13-23(28-25)29(3)21-10-5-4-6-11-21/h7-9,12-13,17-18,21H,4-6,10-11,14-16H2,1-3H3. The molecule has 1 aromatic heterocycles. The molecule has 1 aliphatic carbocycles. The molecule has 1 amide bonds. The van der Waals surface area contributed by atoms with Gasteiger partial charge >= 0.3 is 0 Å². The maximum atomic E-state index is 13.0. The molecule has 8 heteroatoms. The highest BCUT2D eigenvalue weighted by Gasteiger charge is 2.26. The molecule has 1 saturated carbocycles. The van der Waals surface area contributed by atoms with Crippen molar-refractivity contribution in [3.05, 3.63) is 46.6 Å². The zero-order chi connectivity index (χ0) is 23.4. The Hall–Kier alpha value is -1.83. The van der Waals surface area contributed by atoms with Crippen molar-refractivity contribution < 1.29 is 9.53 Å². The van der Waals surface area contributed by atoms with Crippen LogP contribution in [0.1, 0.15) is 61.9 Å². The zero-order valence-electron chi connectivity index (χ0n) is 19.7. The summed E-state index contributed by atoms with van der Waals surface area (Å²) in [7, 11) is 2.10. The fraction of sp³-hybridized carbons (Fsp3) is 0.560. The molecule has 1 aliphatic heterocycles. The quantitative estimate of drug-likeness (QED) is 0.306. The van der Waals surface area contributed by atoms with Crippen LogP contribution in [0.25, 0.3) is 0 Å². The van der Waals surface area contributed by atoms with Crippen LogP contribution in [0.15, 0.2) is 35.5 Å². The van der Waals surface area contributed by atoms with Gasteiger partial charge in [-0.1, -0.05) is 54.8 Å². The Balaban J connectivity index is 1.42. The summed E-state index contributed by atoms with van der Waals surface area (Å²) in [5.41, 5.74) is 1.77. The molecule has 178 valence electrons. The summed E-state index contributed by atoms with van der Waals surface area (Å²) in [5.74, 6) is 1.60. The third kappa shape index (κ3) is 6.40. The maximum Gasteiger partial charge on any atom is 0.254 e. The largest absolute Gasteiger partial charge is 0.372 e. The summed E-state index contributed by atoms with van der Waals surface area (Å²) < 4.78 is 5.76. The van der Waals surface area contributed by atoms with Gasteiger partial charge in [0, 0.05) is 43.6 Å². The third-order valence-electron chi connectivity index (χ3n) is 6.39. The Morgan fingerprint density at radius 3 is 2.61 bits per heavy atom. The zero-order valence-corrected chi connectivity index (χ0v) is 21.2. The molecular formula is C25H33ClN4O2S. The van der Waals surface area contributed by atoms with Gasteiger partial charge in [-0.05, 0) is 44.4 Å². The number of halogens is 1. The number of amides is 1. The van der Waals surface area contributed by atoms with E-state index < -0.39 is 0 Å². The van der Waals surface area contributed by atoms with Gasteiger partial charge in [-0.3, -0.25) is 4.79 Å². The number of hydrogen-bond donors (Lipinski definition) is 0. The topological polar surface area (TPSA) is 58.6 Å². The van der Waals surface area contributed by atoms with Crippen molar-refractivity contribution in [2.24, 2.45) is 0 Å². The Morgan fingerprint density at radius 2 is 1.88 bits per heavy atom. The van der Waals surface area contributed by atoms with Crippen LogP contribution in [0.5, 0.6) is 0 Å². The number of carbonyl (C=O) groups excluding carboxylic acids is 1. The SMILES string of the molecule is CC1CN(C(=O)c2cccc(CSc3nc(Cl)cc(N(C)C4CCCCC4)n3)c2)CC(C)O1. The number of thioether (sulfide) groups is 1. The van der Waals surface area contributed by atoms with E-state index in [0.29, 0.717) is 40.8 Å². The molecule has 2 aliphatic rings. The van der Waals surface area contributed by atoms with Crippen molar-refractivity contribution in [3.8, 4) is 0 Å². The lowest BCUT2D eigenvalue weighted by atomic mass is 9.94. The van der Waals surface area contributed by atoms with E-state index in [1.807, 2.05) is 49.1 Å². The van der Waals surface area contributed by atoms with Crippen LogP contribution < -0.4 is 4.90 Å². The maximum absolute atomic E-state index is 13.0. The number of benzene rings is 1. The van der Waals surface area contributed by atoms with Gasteiger partial charge in [0.15, 0.2) is 5.16 Å². The number of ether oxygens (including phenoxy) is 1. The van der Waals surface area contributed by atoms with Crippen molar-refractivity contribution in [1.82, 2.24) is 14.9 Å². The minimum atomic E-state index is 0.0531. The van der Waals surface area contributed by atoms with Gasteiger partial charge in [0.2, 0.25) is 0 Å². The van der Waals surface area contributed by atoms with E-state index in [-0.39, 0.29) is 18.1 Å². The van der Waals surface area contributed by atoms with E-state index in [2.05, 4.69) is 16.9 Å². The first-order valence-electron chi connectivity index (χ1n) is 11.8. The van der Waals surface area contributed by atoms with Gasteiger partial charge in [-0.25, -0.2) is 9.97 Å². The van der Waals surface area contributed by atoms with Crippen molar-refractivity contribution in [3.63, 3.8) is 0 Å². The lowest BCUT2D eigenvalue weighted by Crippen LogP contribution is -2.48. The van der Waals surface area contributed by atoms with E-state index in [0.717, 1.165) is 11.4 Å². The molecule has 0 bridgehead atoms. The summed E-state index contributed by atoms with van der Waals surface area (Å²) in [6.45, 7) is 5.26. The van der Waals surface area contributed by atoms with Crippen LogP contribution >= 0.6 is 23.4 Å². The van der Waals surface area contributed by atoms with Crippen molar-refractivity contribution in [2.45, 2.75) is 75.1 Å². The number of rotatable bonds is 6. The van der Waals surface area contributed by atoms with Crippen LogP contribution in [0.3, 0.4) is 0 Å². The Morgan fingerprint density at radius 1 is 1.15 bits per heavy atom. The number of aromatic nitrogens is 2. The van der Waals surface area contributed by atoms with Gasteiger partial charge in [-0.2, -0.15) is 0 Å². The van der Waals surface area contributed by atoms with Crippen LogP contribution in [0.4, 0.5) is 5.82 Å². The molecule has 33 heavy (non-hydrogen) atoms. The van der Waals surface area contributed by atoms with Crippen molar-refractivity contribution >= 4 is 35.1 Å². The second kappa shape index (κ2) is 11.1. The first-order valence-corrected chi connectivity index (χ1v) is 13.2. The van der Waals surface area contributed by atoms with E-state index in [9.17, 15) is 4.79 Å².